The third-order valence-electron chi connectivity index (χ3n) is 5.34. The number of benzene rings is 3. The molecule has 0 aliphatic rings. The van der Waals surface area contributed by atoms with Gasteiger partial charge >= 0.3 is 0 Å². The van der Waals surface area contributed by atoms with Crippen LogP contribution in [0.4, 0.5) is 0 Å². The fourth-order valence-electron chi connectivity index (χ4n) is 3.64. The van der Waals surface area contributed by atoms with Gasteiger partial charge in [-0.25, -0.2) is 4.98 Å². The summed E-state index contributed by atoms with van der Waals surface area (Å²) >= 11 is 0. The van der Waals surface area contributed by atoms with Gasteiger partial charge in [-0.15, -0.1) is 0 Å². The summed E-state index contributed by atoms with van der Waals surface area (Å²) in [7, 11) is 0. The summed E-state index contributed by atoms with van der Waals surface area (Å²) in [4.78, 5) is 4.91. The summed E-state index contributed by atoms with van der Waals surface area (Å²) in [5.41, 5.74) is 7.10. The van der Waals surface area contributed by atoms with E-state index in [1.807, 2.05) is 0 Å². The zero-order valence-electron chi connectivity index (χ0n) is 17.5. The largest absolute Gasteiger partial charge is 0.493 e. The Labute approximate surface area is 173 Å². The van der Waals surface area contributed by atoms with Gasteiger partial charge in [0.1, 0.15) is 11.6 Å². The number of unbranched alkanes of at least 4 members (excludes halogenated alkanes) is 1. The molecule has 0 fully saturated rings. The highest BCUT2D eigenvalue weighted by molar-refractivity contribution is 5.80. The minimum Gasteiger partial charge on any atom is -0.493 e. The van der Waals surface area contributed by atoms with Gasteiger partial charge in [-0.05, 0) is 62.9 Å². The van der Waals surface area contributed by atoms with Crippen LogP contribution in [0, 0.1) is 20.8 Å². The molecule has 0 bridgehead atoms. The summed E-state index contributed by atoms with van der Waals surface area (Å²) in [5, 5.41) is 0. The molecule has 0 unspecified atom stereocenters. The van der Waals surface area contributed by atoms with Crippen LogP contribution in [0.5, 0.6) is 5.75 Å². The molecule has 0 N–H and O–H groups in total. The van der Waals surface area contributed by atoms with Crippen LogP contribution in [0.3, 0.4) is 0 Å². The molecule has 0 spiro atoms. The second-order valence-corrected chi connectivity index (χ2v) is 7.77. The predicted octanol–water partition coefficient (Wildman–Crippen LogP) is 6.49. The number of fused-ring (bicyclic) bond motifs is 1. The van der Waals surface area contributed by atoms with Crippen molar-refractivity contribution in [3.05, 3.63) is 83.4 Å². The first-order valence-corrected chi connectivity index (χ1v) is 10.3. The van der Waals surface area contributed by atoms with E-state index in [0.717, 1.165) is 43.1 Å². The maximum absolute atomic E-state index is 6.03. The van der Waals surface area contributed by atoms with Crippen molar-refractivity contribution in [2.45, 2.75) is 40.2 Å². The number of nitrogens with zero attached hydrogens (tertiary/aromatic N) is 2. The molecule has 4 rings (SSSR count). The predicted molar refractivity (Wildman–Crippen MR) is 121 cm³/mol. The molecular formula is C26H28N2O. The number of aromatic nitrogens is 2. The molecule has 0 atom stereocenters. The van der Waals surface area contributed by atoms with Gasteiger partial charge in [-0.1, -0.05) is 54.1 Å². The van der Waals surface area contributed by atoms with Gasteiger partial charge in [-0.3, -0.25) is 0 Å². The van der Waals surface area contributed by atoms with Crippen molar-refractivity contribution in [3.63, 3.8) is 0 Å². The molecular weight excluding hydrogens is 356 g/mol. The van der Waals surface area contributed by atoms with E-state index in [9.17, 15) is 0 Å². The van der Waals surface area contributed by atoms with Gasteiger partial charge in [-0.2, -0.15) is 0 Å². The highest BCUT2D eigenvalue weighted by Crippen LogP contribution is 2.26. The lowest BCUT2D eigenvalue weighted by Crippen LogP contribution is -2.04. The second kappa shape index (κ2) is 8.52. The van der Waals surface area contributed by atoms with Crippen LogP contribution in [0.25, 0.3) is 22.4 Å². The number of hydrogen-bond donors (Lipinski definition) is 0. The van der Waals surface area contributed by atoms with Gasteiger partial charge in [0.05, 0.1) is 17.6 Å². The molecule has 1 heterocycles. The third-order valence-corrected chi connectivity index (χ3v) is 5.34. The highest BCUT2D eigenvalue weighted by atomic mass is 16.5. The Balaban J connectivity index is 1.46. The summed E-state index contributed by atoms with van der Waals surface area (Å²) < 4.78 is 8.37. The Morgan fingerprint density at radius 2 is 1.59 bits per heavy atom. The molecule has 148 valence electrons. The average molecular weight is 385 g/mol. The first-order valence-electron chi connectivity index (χ1n) is 10.3. The number of rotatable bonds is 7. The van der Waals surface area contributed by atoms with E-state index >= 15 is 0 Å². The minimum atomic E-state index is 0.733. The zero-order chi connectivity index (χ0) is 20.2. The monoisotopic (exact) mass is 384 g/mol. The van der Waals surface area contributed by atoms with Crippen molar-refractivity contribution in [1.29, 1.82) is 0 Å². The van der Waals surface area contributed by atoms with Crippen molar-refractivity contribution in [3.8, 4) is 17.1 Å². The normalized spacial score (nSPS) is 11.1. The van der Waals surface area contributed by atoms with Gasteiger partial charge in [0.2, 0.25) is 0 Å². The average Bonchev–Trinajstić information content (AvgIpc) is 3.09. The SMILES string of the molecule is Cc1ccc(-c2nc3ccccc3n2CCCCOc2cc(C)ccc2C)cc1. The lowest BCUT2D eigenvalue weighted by Gasteiger charge is -2.12. The number of ether oxygens (including phenoxy) is 1. The molecule has 3 aromatic carbocycles. The maximum atomic E-state index is 6.03. The Morgan fingerprint density at radius 1 is 0.828 bits per heavy atom. The summed E-state index contributed by atoms with van der Waals surface area (Å²) in [6, 6.07) is 23.4. The van der Waals surface area contributed by atoms with E-state index in [2.05, 4.69) is 92.1 Å². The van der Waals surface area contributed by atoms with Crippen LogP contribution < -0.4 is 4.74 Å². The molecule has 0 amide bonds. The second-order valence-electron chi connectivity index (χ2n) is 7.77. The van der Waals surface area contributed by atoms with Gasteiger partial charge < -0.3 is 9.30 Å². The Kier molecular flexibility index (Phi) is 5.66. The van der Waals surface area contributed by atoms with Crippen LogP contribution in [0.2, 0.25) is 0 Å². The molecule has 0 aliphatic carbocycles. The van der Waals surface area contributed by atoms with Crippen LogP contribution in [0.15, 0.2) is 66.7 Å². The number of para-hydroxylation sites is 2. The van der Waals surface area contributed by atoms with Crippen molar-refractivity contribution in [1.82, 2.24) is 9.55 Å². The van der Waals surface area contributed by atoms with Crippen LogP contribution in [-0.4, -0.2) is 16.2 Å². The molecule has 0 saturated carbocycles. The standard InChI is InChI=1S/C26H28N2O/c1-19-11-14-22(15-12-19)26-27-23-8-4-5-9-24(23)28(26)16-6-7-17-29-25-18-20(2)10-13-21(25)3/h4-5,8-15,18H,6-7,16-17H2,1-3H3. The molecule has 29 heavy (non-hydrogen) atoms. The Morgan fingerprint density at radius 3 is 2.41 bits per heavy atom. The summed E-state index contributed by atoms with van der Waals surface area (Å²) in [6.07, 6.45) is 2.05. The van der Waals surface area contributed by atoms with Crippen LogP contribution in [-0.2, 0) is 6.54 Å². The summed E-state index contributed by atoms with van der Waals surface area (Å²) in [6.45, 7) is 7.97. The summed E-state index contributed by atoms with van der Waals surface area (Å²) in [5.74, 6) is 2.04. The van der Waals surface area contributed by atoms with Crippen molar-refractivity contribution in [2.24, 2.45) is 0 Å². The Bertz CT molecular complexity index is 1110. The molecule has 3 heteroatoms. The number of aryl methyl sites for hydroxylation is 4. The fourth-order valence-corrected chi connectivity index (χ4v) is 3.64. The molecule has 1 aromatic heterocycles. The number of imidazole rings is 1. The first-order chi connectivity index (χ1) is 14.1. The topological polar surface area (TPSA) is 27.1 Å². The Hall–Kier alpha value is -3.07. The van der Waals surface area contributed by atoms with Crippen LogP contribution >= 0.6 is 0 Å². The van der Waals surface area contributed by atoms with E-state index in [1.54, 1.807) is 0 Å². The van der Waals surface area contributed by atoms with E-state index in [4.69, 9.17) is 9.72 Å². The third kappa shape index (κ3) is 4.34. The van der Waals surface area contributed by atoms with Gasteiger partial charge in [0.15, 0.2) is 0 Å². The molecule has 0 radical (unpaired) electrons. The van der Waals surface area contributed by atoms with Crippen molar-refractivity contribution in [2.75, 3.05) is 6.61 Å². The van der Waals surface area contributed by atoms with E-state index < -0.39 is 0 Å². The quantitative estimate of drug-likeness (QED) is 0.341. The molecule has 0 saturated heterocycles. The zero-order valence-corrected chi connectivity index (χ0v) is 17.5. The molecule has 3 nitrogen and oxygen atoms in total. The smallest absolute Gasteiger partial charge is 0.141 e. The van der Waals surface area contributed by atoms with Crippen molar-refractivity contribution >= 4 is 11.0 Å². The molecule has 0 aliphatic heterocycles. The minimum absolute atomic E-state index is 0.733. The number of hydrogen-bond acceptors (Lipinski definition) is 2. The molecule has 4 aromatic rings. The first kappa shape index (κ1) is 19.3. The van der Waals surface area contributed by atoms with Gasteiger partial charge in [0.25, 0.3) is 0 Å². The maximum Gasteiger partial charge on any atom is 0.141 e. The fraction of sp³-hybridized carbons (Fsp3) is 0.269. The van der Waals surface area contributed by atoms with E-state index in [1.165, 1.54) is 27.8 Å². The van der Waals surface area contributed by atoms with Crippen molar-refractivity contribution < 1.29 is 4.74 Å². The highest BCUT2D eigenvalue weighted by Gasteiger charge is 2.12. The lowest BCUT2D eigenvalue weighted by atomic mass is 10.1. The van der Waals surface area contributed by atoms with E-state index in [0.29, 0.717) is 0 Å². The lowest BCUT2D eigenvalue weighted by molar-refractivity contribution is 0.301. The van der Waals surface area contributed by atoms with Gasteiger partial charge in [0, 0.05) is 12.1 Å². The van der Waals surface area contributed by atoms with Crippen LogP contribution in [0.1, 0.15) is 29.5 Å². The van der Waals surface area contributed by atoms with E-state index in [-0.39, 0.29) is 0 Å².